The molecule has 3 aromatic carbocycles. The minimum Gasteiger partial charge on any atom is -0.497 e. The standard InChI is InChI=1S/C27H25N3O5/c1-27(23-14-20-6-4-5-7-22(20)35-23)25(32)30(26(33)28-27)16-24(31)29(2)15-17-8-9-19-13-21(34-3)11-10-18(19)12-17/h4-14H,15-16H2,1-3H3,(H,28,33)/t27-/m1/s1. The minimum absolute atomic E-state index is 0.327. The highest BCUT2D eigenvalue weighted by molar-refractivity contribution is 6.09. The van der Waals surface area contributed by atoms with Crippen molar-refractivity contribution in [2.45, 2.75) is 19.0 Å². The molecule has 2 heterocycles. The summed E-state index contributed by atoms with van der Waals surface area (Å²) in [6.07, 6.45) is 0. The molecule has 4 aromatic rings. The van der Waals surface area contributed by atoms with E-state index in [2.05, 4.69) is 5.32 Å². The molecule has 1 saturated heterocycles. The fourth-order valence-corrected chi connectivity index (χ4v) is 4.35. The Labute approximate surface area is 202 Å². The summed E-state index contributed by atoms with van der Waals surface area (Å²) in [6.45, 7) is 1.57. The number of rotatable bonds is 6. The Morgan fingerprint density at radius 3 is 2.54 bits per heavy atom. The number of likely N-dealkylation sites (N-methyl/N-ethyl adjacent to an activating group) is 1. The summed E-state index contributed by atoms with van der Waals surface area (Å²) in [6, 6.07) is 20.2. The van der Waals surface area contributed by atoms with Crippen molar-refractivity contribution in [2.24, 2.45) is 0 Å². The van der Waals surface area contributed by atoms with Crippen molar-refractivity contribution in [3.63, 3.8) is 0 Å². The quantitative estimate of drug-likeness (QED) is 0.429. The number of hydrogen-bond donors (Lipinski definition) is 1. The lowest BCUT2D eigenvalue weighted by molar-refractivity contribution is -0.138. The number of carbonyl (C=O) groups is 3. The van der Waals surface area contributed by atoms with Gasteiger partial charge in [-0.15, -0.1) is 0 Å². The van der Waals surface area contributed by atoms with Gasteiger partial charge in [0.2, 0.25) is 5.91 Å². The van der Waals surface area contributed by atoms with E-state index in [0.29, 0.717) is 17.9 Å². The summed E-state index contributed by atoms with van der Waals surface area (Å²) >= 11 is 0. The van der Waals surface area contributed by atoms with E-state index in [1.54, 1.807) is 33.2 Å². The molecule has 1 N–H and O–H groups in total. The van der Waals surface area contributed by atoms with Crippen molar-refractivity contribution in [1.82, 2.24) is 15.1 Å². The smallest absolute Gasteiger partial charge is 0.325 e. The van der Waals surface area contributed by atoms with Gasteiger partial charge in [0.15, 0.2) is 5.54 Å². The largest absolute Gasteiger partial charge is 0.497 e. The third-order valence-corrected chi connectivity index (χ3v) is 6.44. The summed E-state index contributed by atoms with van der Waals surface area (Å²) in [7, 11) is 3.28. The van der Waals surface area contributed by atoms with Gasteiger partial charge in [-0.05, 0) is 53.6 Å². The second-order valence-corrected chi connectivity index (χ2v) is 8.89. The van der Waals surface area contributed by atoms with Crippen LogP contribution in [0, 0.1) is 0 Å². The molecule has 0 bridgehead atoms. The number of para-hydroxylation sites is 1. The van der Waals surface area contributed by atoms with Crippen LogP contribution in [-0.4, -0.2) is 48.3 Å². The van der Waals surface area contributed by atoms with Gasteiger partial charge in [-0.25, -0.2) is 4.79 Å². The predicted molar refractivity (Wildman–Crippen MR) is 131 cm³/mol. The van der Waals surface area contributed by atoms with Gasteiger partial charge in [0.05, 0.1) is 7.11 Å². The van der Waals surface area contributed by atoms with E-state index in [4.69, 9.17) is 9.15 Å². The number of urea groups is 1. The number of benzene rings is 3. The summed E-state index contributed by atoms with van der Waals surface area (Å²) < 4.78 is 11.1. The molecular formula is C27H25N3O5. The van der Waals surface area contributed by atoms with Crippen molar-refractivity contribution in [1.29, 1.82) is 0 Å². The van der Waals surface area contributed by atoms with Crippen LogP contribution in [0.1, 0.15) is 18.2 Å². The third kappa shape index (κ3) is 3.97. The van der Waals surface area contributed by atoms with Crippen LogP contribution in [-0.2, 0) is 21.7 Å². The molecule has 1 aliphatic rings. The van der Waals surface area contributed by atoms with Crippen LogP contribution in [0.2, 0.25) is 0 Å². The Kier molecular flexibility index (Phi) is 5.43. The maximum Gasteiger partial charge on any atom is 0.325 e. The lowest BCUT2D eigenvalue weighted by Gasteiger charge is -2.22. The molecule has 0 saturated carbocycles. The number of nitrogens with one attached hydrogen (secondary N) is 1. The van der Waals surface area contributed by atoms with Gasteiger partial charge in [-0.3, -0.25) is 14.5 Å². The van der Waals surface area contributed by atoms with Crippen LogP contribution in [0.25, 0.3) is 21.7 Å². The van der Waals surface area contributed by atoms with Gasteiger partial charge in [-0.2, -0.15) is 0 Å². The van der Waals surface area contributed by atoms with Crippen molar-refractivity contribution in [3.8, 4) is 5.75 Å². The number of carbonyl (C=O) groups excluding carboxylic acids is 3. The highest BCUT2D eigenvalue weighted by Gasteiger charge is 2.51. The molecule has 8 nitrogen and oxygen atoms in total. The van der Waals surface area contributed by atoms with Gasteiger partial charge in [0.1, 0.15) is 23.6 Å². The van der Waals surface area contributed by atoms with Gasteiger partial charge < -0.3 is 19.4 Å². The predicted octanol–water partition coefficient (Wildman–Crippen LogP) is 4.02. The Morgan fingerprint density at radius 2 is 1.77 bits per heavy atom. The number of fused-ring (bicyclic) bond motifs is 2. The summed E-state index contributed by atoms with van der Waals surface area (Å²) in [5.74, 6) is 0.231. The highest BCUT2D eigenvalue weighted by Crippen LogP contribution is 2.33. The summed E-state index contributed by atoms with van der Waals surface area (Å²) in [5, 5.41) is 5.58. The molecule has 1 atom stereocenters. The molecule has 178 valence electrons. The molecule has 1 aromatic heterocycles. The van der Waals surface area contributed by atoms with Crippen molar-refractivity contribution in [2.75, 3.05) is 20.7 Å². The van der Waals surface area contributed by atoms with E-state index in [1.165, 1.54) is 4.90 Å². The Balaban J connectivity index is 1.29. The summed E-state index contributed by atoms with van der Waals surface area (Å²) in [5.41, 5.74) is 0.172. The second-order valence-electron chi connectivity index (χ2n) is 8.89. The van der Waals surface area contributed by atoms with E-state index >= 15 is 0 Å². The second kappa shape index (κ2) is 8.47. The molecule has 0 spiro atoms. The molecule has 0 unspecified atom stereocenters. The van der Waals surface area contributed by atoms with Crippen LogP contribution in [0.15, 0.2) is 71.1 Å². The first-order valence-electron chi connectivity index (χ1n) is 11.2. The van der Waals surface area contributed by atoms with Crippen LogP contribution in [0.5, 0.6) is 5.75 Å². The molecule has 8 heteroatoms. The Bertz CT molecular complexity index is 1440. The normalized spacial score (nSPS) is 17.7. The average Bonchev–Trinajstić information content (AvgIpc) is 3.39. The fourth-order valence-electron chi connectivity index (χ4n) is 4.35. The van der Waals surface area contributed by atoms with E-state index in [9.17, 15) is 14.4 Å². The van der Waals surface area contributed by atoms with Gasteiger partial charge in [0, 0.05) is 19.0 Å². The van der Waals surface area contributed by atoms with E-state index in [1.807, 2.05) is 54.6 Å². The first-order chi connectivity index (χ1) is 16.8. The van der Waals surface area contributed by atoms with E-state index < -0.39 is 17.5 Å². The van der Waals surface area contributed by atoms with Crippen molar-refractivity contribution in [3.05, 3.63) is 78.1 Å². The first kappa shape index (κ1) is 22.5. The molecule has 35 heavy (non-hydrogen) atoms. The number of amides is 4. The van der Waals surface area contributed by atoms with Crippen molar-refractivity contribution >= 4 is 39.6 Å². The number of hydrogen-bond acceptors (Lipinski definition) is 5. The van der Waals surface area contributed by atoms with E-state index in [-0.39, 0.29) is 12.5 Å². The lowest BCUT2D eigenvalue weighted by Crippen LogP contribution is -2.43. The highest BCUT2D eigenvalue weighted by atomic mass is 16.5. The van der Waals surface area contributed by atoms with Crippen LogP contribution >= 0.6 is 0 Å². The van der Waals surface area contributed by atoms with Crippen LogP contribution < -0.4 is 10.1 Å². The lowest BCUT2D eigenvalue weighted by atomic mass is 9.99. The Morgan fingerprint density at radius 1 is 1.03 bits per heavy atom. The molecule has 0 radical (unpaired) electrons. The molecule has 4 amide bonds. The maximum absolute atomic E-state index is 13.2. The third-order valence-electron chi connectivity index (χ3n) is 6.44. The van der Waals surface area contributed by atoms with Crippen molar-refractivity contribution < 1.29 is 23.5 Å². The SMILES string of the molecule is COc1ccc2cc(CN(C)C(=O)CN3C(=O)N[C@](C)(c4cc5ccccc5o4)C3=O)ccc2c1. The van der Waals surface area contributed by atoms with Crippen LogP contribution in [0.3, 0.4) is 0 Å². The molecule has 5 rings (SSSR count). The molecule has 0 aliphatic carbocycles. The zero-order valence-electron chi connectivity index (χ0n) is 19.7. The topological polar surface area (TPSA) is 92.1 Å². The summed E-state index contributed by atoms with van der Waals surface area (Å²) in [4.78, 5) is 41.3. The van der Waals surface area contributed by atoms with Crippen LogP contribution in [0.4, 0.5) is 4.79 Å². The number of nitrogens with zero attached hydrogens (tertiary/aromatic N) is 2. The maximum atomic E-state index is 13.2. The molecule has 1 aliphatic heterocycles. The monoisotopic (exact) mass is 471 g/mol. The minimum atomic E-state index is -1.38. The fraction of sp³-hybridized carbons (Fsp3) is 0.222. The molecular weight excluding hydrogens is 446 g/mol. The zero-order valence-corrected chi connectivity index (χ0v) is 19.7. The van der Waals surface area contributed by atoms with Gasteiger partial charge in [0.25, 0.3) is 5.91 Å². The number of furan rings is 1. The van der Waals surface area contributed by atoms with Gasteiger partial charge in [-0.1, -0.05) is 36.4 Å². The van der Waals surface area contributed by atoms with E-state index in [0.717, 1.165) is 32.4 Å². The number of imide groups is 1. The number of methoxy groups -OCH3 is 1. The number of ether oxygens (including phenoxy) is 1. The Hall–Kier alpha value is -4.33. The zero-order chi connectivity index (χ0) is 24.7. The van der Waals surface area contributed by atoms with Gasteiger partial charge >= 0.3 is 6.03 Å². The average molecular weight is 472 g/mol. The molecule has 1 fully saturated rings. The first-order valence-corrected chi connectivity index (χ1v) is 11.2.